The van der Waals surface area contributed by atoms with Crippen LogP contribution in [0.1, 0.15) is 27.2 Å². The summed E-state index contributed by atoms with van der Waals surface area (Å²) < 4.78 is 1.87. The fourth-order valence-corrected chi connectivity index (χ4v) is 3.08. The van der Waals surface area contributed by atoms with Crippen LogP contribution in [0, 0.1) is 13.8 Å². The molecule has 0 atom stereocenters. The van der Waals surface area contributed by atoms with E-state index in [0.717, 1.165) is 16.2 Å². The zero-order valence-corrected chi connectivity index (χ0v) is 13.2. The van der Waals surface area contributed by atoms with Gasteiger partial charge in [-0.05, 0) is 43.2 Å². The van der Waals surface area contributed by atoms with Crippen molar-refractivity contribution in [2.45, 2.75) is 13.8 Å². The number of aromatic nitrogens is 2. The Hall–Kier alpha value is -1.91. The minimum absolute atomic E-state index is 0.0423. The lowest BCUT2D eigenvalue weighted by Gasteiger charge is -2.01. The van der Waals surface area contributed by atoms with E-state index in [1.54, 1.807) is 6.08 Å². The Morgan fingerprint density at radius 2 is 2.14 bits per heavy atom. The lowest BCUT2D eigenvalue weighted by Crippen LogP contribution is -1.96. The second-order valence-electron chi connectivity index (χ2n) is 4.84. The highest BCUT2D eigenvalue weighted by Gasteiger charge is 2.09. The highest BCUT2D eigenvalue weighted by Crippen LogP contribution is 2.22. The minimum Gasteiger partial charge on any atom is -0.289 e. The van der Waals surface area contributed by atoms with E-state index in [1.165, 1.54) is 23.0 Å². The van der Waals surface area contributed by atoms with Gasteiger partial charge in [0, 0.05) is 17.1 Å². The van der Waals surface area contributed by atoms with E-state index in [1.807, 2.05) is 48.0 Å². The Morgan fingerprint density at radius 1 is 1.33 bits per heavy atom. The van der Waals surface area contributed by atoms with Gasteiger partial charge in [-0.15, -0.1) is 11.3 Å². The number of nitrogens with zero attached hydrogens (tertiary/aromatic N) is 2. The number of halogens is 1. The molecular weight excluding hydrogens is 304 g/mol. The molecule has 2 heterocycles. The minimum atomic E-state index is -0.0423. The summed E-state index contributed by atoms with van der Waals surface area (Å²) in [6.45, 7) is 4.03. The first kappa shape index (κ1) is 14.0. The first-order valence-corrected chi connectivity index (χ1v) is 7.73. The standard InChI is InChI=1S/C16H13ClN2OS/c1-10-3-4-12(9-11(10)2)14(20)6-5-13-15(17)18-16-19(13)7-8-21-16/h3-9H,1-2H3/b6-5+. The molecule has 5 heteroatoms. The number of allylic oxidation sites excluding steroid dienone is 1. The Bertz CT molecular complexity index is 860. The smallest absolute Gasteiger partial charge is 0.195 e. The number of fused-ring (bicyclic) bond motifs is 1. The highest BCUT2D eigenvalue weighted by atomic mass is 35.5. The van der Waals surface area contributed by atoms with Gasteiger partial charge in [0.2, 0.25) is 0 Å². The van der Waals surface area contributed by atoms with Crippen LogP contribution in [0.3, 0.4) is 0 Å². The highest BCUT2D eigenvalue weighted by molar-refractivity contribution is 7.15. The van der Waals surface area contributed by atoms with Gasteiger partial charge in [-0.3, -0.25) is 9.20 Å². The molecule has 1 aromatic carbocycles. The quantitative estimate of drug-likeness (QED) is 0.524. The predicted molar refractivity (Wildman–Crippen MR) is 87.4 cm³/mol. The third-order valence-corrected chi connectivity index (χ3v) is 4.47. The van der Waals surface area contributed by atoms with Crippen LogP contribution < -0.4 is 0 Å². The van der Waals surface area contributed by atoms with Crippen LogP contribution in [0.25, 0.3) is 11.0 Å². The molecule has 0 amide bonds. The molecule has 3 rings (SSSR count). The molecule has 2 aromatic heterocycles. The van der Waals surface area contributed by atoms with E-state index in [0.29, 0.717) is 10.7 Å². The van der Waals surface area contributed by atoms with Gasteiger partial charge in [0.05, 0.1) is 5.69 Å². The van der Waals surface area contributed by atoms with Crippen LogP contribution in [0.2, 0.25) is 5.15 Å². The van der Waals surface area contributed by atoms with Gasteiger partial charge in [0.25, 0.3) is 0 Å². The van der Waals surface area contributed by atoms with Gasteiger partial charge in [-0.2, -0.15) is 0 Å². The number of benzene rings is 1. The van der Waals surface area contributed by atoms with Crippen molar-refractivity contribution in [3.05, 3.63) is 63.4 Å². The number of carbonyl (C=O) groups excluding carboxylic acids is 1. The van der Waals surface area contributed by atoms with Gasteiger partial charge >= 0.3 is 0 Å². The monoisotopic (exact) mass is 316 g/mol. The van der Waals surface area contributed by atoms with Crippen LogP contribution in [0.15, 0.2) is 35.9 Å². The zero-order chi connectivity index (χ0) is 15.0. The molecule has 0 radical (unpaired) electrons. The summed E-state index contributed by atoms with van der Waals surface area (Å²) >= 11 is 7.60. The van der Waals surface area contributed by atoms with Crippen LogP contribution in [-0.2, 0) is 0 Å². The fraction of sp³-hybridized carbons (Fsp3) is 0.125. The summed E-state index contributed by atoms with van der Waals surface area (Å²) in [4.78, 5) is 17.3. The maximum Gasteiger partial charge on any atom is 0.195 e. The maximum atomic E-state index is 12.2. The maximum absolute atomic E-state index is 12.2. The lowest BCUT2D eigenvalue weighted by atomic mass is 10.0. The van der Waals surface area contributed by atoms with Crippen LogP contribution in [0.4, 0.5) is 0 Å². The number of imidazole rings is 1. The Kier molecular flexibility index (Phi) is 3.66. The molecule has 0 spiro atoms. The van der Waals surface area contributed by atoms with Crippen molar-refractivity contribution < 1.29 is 4.79 Å². The lowest BCUT2D eigenvalue weighted by molar-refractivity contribution is 0.104. The molecule has 3 nitrogen and oxygen atoms in total. The van der Waals surface area contributed by atoms with Crippen molar-refractivity contribution in [2.75, 3.05) is 0 Å². The van der Waals surface area contributed by atoms with Gasteiger partial charge in [-0.25, -0.2) is 4.98 Å². The van der Waals surface area contributed by atoms with E-state index < -0.39 is 0 Å². The number of hydrogen-bond acceptors (Lipinski definition) is 3. The van der Waals surface area contributed by atoms with Crippen molar-refractivity contribution in [1.29, 1.82) is 0 Å². The van der Waals surface area contributed by atoms with Crippen molar-refractivity contribution in [1.82, 2.24) is 9.38 Å². The molecule has 0 saturated carbocycles. The van der Waals surface area contributed by atoms with Crippen molar-refractivity contribution in [2.24, 2.45) is 0 Å². The number of carbonyl (C=O) groups is 1. The molecule has 3 aromatic rings. The molecule has 0 fully saturated rings. The molecule has 0 N–H and O–H groups in total. The van der Waals surface area contributed by atoms with Gasteiger partial charge in [0.15, 0.2) is 15.9 Å². The van der Waals surface area contributed by atoms with Crippen molar-refractivity contribution >= 4 is 39.8 Å². The molecule has 0 aliphatic carbocycles. The Labute approximate surface area is 131 Å². The third kappa shape index (κ3) is 2.64. The van der Waals surface area contributed by atoms with E-state index in [-0.39, 0.29) is 5.78 Å². The molecule has 0 saturated heterocycles. The number of rotatable bonds is 3. The molecule has 0 aliphatic rings. The van der Waals surface area contributed by atoms with E-state index in [4.69, 9.17) is 11.6 Å². The SMILES string of the molecule is Cc1ccc(C(=O)/C=C/c2c(Cl)nc3sccn23)cc1C. The summed E-state index contributed by atoms with van der Waals surface area (Å²) in [6, 6.07) is 5.70. The molecular formula is C16H13ClN2OS. The third-order valence-electron chi connectivity index (χ3n) is 3.44. The second kappa shape index (κ2) is 5.47. The summed E-state index contributed by atoms with van der Waals surface area (Å²) in [6.07, 6.45) is 5.14. The first-order valence-electron chi connectivity index (χ1n) is 6.47. The van der Waals surface area contributed by atoms with E-state index >= 15 is 0 Å². The topological polar surface area (TPSA) is 34.4 Å². The van der Waals surface area contributed by atoms with Gasteiger partial charge in [0.1, 0.15) is 0 Å². The normalized spacial score (nSPS) is 11.6. The molecule has 106 valence electrons. The Morgan fingerprint density at radius 3 is 2.90 bits per heavy atom. The van der Waals surface area contributed by atoms with E-state index in [2.05, 4.69) is 4.98 Å². The summed E-state index contributed by atoms with van der Waals surface area (Å²) in [5, 5.41) is 2.34. The number of aryl methyl sites for hydroxylation is 2. The average Bonchev–Trinajstić information content (AvgIpc) is 3.00. The number of ketones is 1. The molecule has 0 aliphatic heterocycles. The van der Waals surface area contributed by atoms with Gasteiger partial charge in [-0.1, -0.05) is 23.7 Å². The average molecular weight is 317 g/mol. The van der Waals surface area contributed by atoms with Crippen LogP contribution in [-0.4, -0.2) is 15.2 Å². The predicted octanol–water partition coefficient (Wildman–Crippen LogP) is 4.56. The van der Waals surface area contributed by atoms with Crippen molar-refractivity contribution in [3.8, 4) is 0 Å². The number of thiazole rings is 1. The summed E-state index contributed by atoms with van der Waals surface area (Å²) in [5.41, 5.74) is 3.69. The summed E-state index contributed by atoms with van der Waals surface area (Å²) in [7, 11) is 0. The summed E-state index contributed by atoms with van der Waals surface area (Å²) in [5.74, 6) is -0.0423. The number of hydrogen-bond donors (Lipinski definition) is 0. The second-order valence-corrected chi connectivity index (χ2v) is 6.07. The molecule has 21 heavy (non-hydrogen) atoms. The Balaban J connectivity index is 1.91. The largest absolute Gasteiger partial charge is 0.289 e. The van der Waals surface area contributed by atoms with Crippen LogP contribution >= 0.6 is 22.9 Å². The molecule has 0 bridgehead atoms. The zero-order valence-electron chi connectivity index (χ0n) is 11.6. The van der Waals surface area contributed by atoms with Gasteiger partial charge < -0.3 is 0 Å². The fourth-order valence-electron chi connectivity index (χ4n) is 2.07. The van der Waals surface area contributed by atoms with E-state index in [9.17, 15) is 4.79 Å². The van der Waals surface area contributed by atoms with Crippen molar-refractivity contribution in [3.63, 3.8) is 0 Å². The van der Waals surface area contributed by atoms with Crippen LogP contribution in [0.5, 0.6) is 0 Å². The molecule has 0 unspecified atom stereocenters. The first-order chi connectivity index (χ1) is 10.1.